The molecule has 0 atom stereocenters. The fraction of sp³-hybridized carbons (Fsp3) is 0.538. The number of likely N-dealkylation sites (N-methyl/N-ethyl adjacent to an activating group) is 1. The smallest absolute Gasteiger partial charge is 0.228 e. The van der Waals surface area contributed by atoms with Gasteiger partial charge in [0.1, 0.15) is 0 Å². The molecule has 5 nitrogen and oxygen atoms in total. The van der Waals surface area contributed by atoms with Gasteiger partial charge in [0.05, 0.1) is 18.3 Å². The van der Waals surface area contributed by atoms with Crippen LogP contribution in [0.4, 0.5) is 5.69 Å². The van der Waals surface area contributed by atoms with Crippen molar-refractivity contribution in [3.63, 3.8) is 0 Å². The van der Waals surface area contributed by atoms with Crippen molar-refractivity contribution in [3.8, 4) is 0 Å². The van der Waals surface area contributed by atoms with Crippen molar-refractivity contribution in [1.29, 1.82) is 0 Å². The standard InChI is InChI=1S/C13H20N4O.2ClH/c1-2-16-5-7-17(8-6-16)13(18)9-12-4-3-11(14)10-15-12;;/h3-4,10H,2,5-9,14H2,1H3;2*1H. The number of pyridine rings is 1. The second-order valence-corrected chi connectivity index (χ2v) is 4.57. The Bertz CT molecular complexity index is 405. The number of carbonyl (C=O) groups excluding carboxylic acids is 1. The molecule has 1 saturated heterocycles. The van der Waals surface area contributed by atoms with Crippen LogP contribution in [0.15, 0.2) is 18.3 Å². The Balaban J connectivity index is 0.00000180. The van der Waals surface area contributed by atoms with Gasteiger partial charge in [0.2, 0.25) is 5.91 Å². The quantitative estimate of drug-likeness (QED) is 0.909. The van der Waals surface area contributed by atoms with Gasteiger partial charge in [-0.2, -0.15) is 0 Å². The molecule has 2 N–H and O–H groups in total. The summed E-state index contributed by atoms with van der Waals surface area (Å²) < 4.78 is 0. The number of piperazine rings is 1. The monoisotopic (exact) mass is 320 g/mol. The van der Waals surface area contributed by atoms with E-state index in [0.717, 1.165) is 38.4 Å². The second-order valence-electron chi connectivity index (χ2n) is 4.57. The largest absolute Gasteiger partial charge is 0.397 e. The van der Waals surface area contributed by atoms with Gasteiger partial charge >= 0.3 is 0 Å². The average molecular weight is 321 g/mol. The van der Waals surface area contributed by atoms with E-state index in [-0.39, 0.29) is 30.7 Å². The topological polar surface area (TPSA) is 62.5 Å². The first-order chi connectivity index (χ1) is 8.69. The summed E-state index contributed by atoms with van der Waals surface area (Å²) in [5, 5.41) is 0. The third kappa shape index (κ3) is 5.15. The molecule has 1 fully saturated rings. The maximum Gasteiger partial charge on any atom is 0.228 e. The molecule has 0 aromatic carbocycles. The molecule has 114 valence electrons. The molecule has 0 radical (unpaired) electrons. The van der Waals surface area contributed by atoms with Crippen LogP contribution in [0.25, 0.3) is 0 Å². The van der Waals surface area contributed by atoms with Crippen LogP contribution in [-0.4, -0.2) is 53.4 Å². The Morgan fingerprint density at radius 3 is 2.40 bits per heavy atom. The first-order valence-corrected chi connectivity index (χ1v) is 6.39. The van der Waals surface area contributed by atoms with Crippen molar-refractivity contribution < 1.29 is 4.79 Å². The summed E-state index contributed by atoms with van der Waals surface area (Å²) in [6.07, 6.45) is 1.96. The summed E-state index contributed by atoms with van der Waals surface area (Å²) >= 11 is 0. The van der Waals surface area contributed by atoms with E-state index in [1.165, 1.54) is 0 Å². The van der Waals surface area contributed by atoms with Crippen LogP contribution in [0.5, 0.6) is 0 Å². The van der Waals surface area contributed by atoms with Crippen molar-refractivity contribution in [2.24, 2.45) is 0 Å². The molecule has 0 spiro atoms. The van der Waals surface area contributed by atoms with E-state index in [0.29, 0.717) is 12.1 Å². The zero-order valence-electron chi connectivity index (χ0n) is 11.6. The molecular weight excluding hydrogens is 299 g/mol. The van der Waals surface area contributed by atoms with E-state index in [9.17, 15) is 4.79 Å². The van der Waals surface area contributed by atoms with E-state index >= 15 is 0 Å². The van der Waals surface area contributed by atoms with Gasteiger partial charge in [-0.1, -0.05) is 6.92 Å². The number of nitrogens with zero attached hydrogens (tertiary/aromatic N) is 3. The third-order valence-electron chi connectivity index (χ3n) is 3.35. The fourth-order valence-corrected chi connectivity index (χ4v) is 2.12. The first kappa shape index (κ1) is 19.0. The number of carbonyl (C=O) groups is 1. The number of aromatic nitrogens is 1. The maximum atomic E-state index is 12.1. The highest BCUT2D eigenvalue weighted by Gasteiger charge is 2.20. The highest BCUT2D eigenvalue weighted by molar-refractivity contribution is 5.85. The zero-order valence-corrected chi connectivity index (χ0v) is 13.3. The number of anilines is 1. The second kappa shape index (κ2) is 9.00. The van der Waals surface area contributed by atoms with Crippen molar-refractivity contribution >= 4 is 36.4 Å². The number of amides is 1. The van der Waals surface area contributed by atoms with E-state index in [4.69, 9.17) is 5.73 Å². The number of nitrogens with two attached hydrogens (primary N) is 1. The van der Waals surface area contributed by atoms with Gasteiger partial charge in [-0.25, -0.2) is 0 Å². The number of hydrogen-bond donors (Lipinski definition) is 1. The lowest BCUT2D eigenvalue weighted by molar-refractivity contribution is -0.132. The van der Waals surface area contributed by atoms with Crippen molar-refractivity contribution in [2.45, 2.75) is 13.3 Å². The predicted molar refractivity (Wildman–Crippen MR) is 85.5 cm³/mol. The minimum atomic E-state index is 0. The molecule has 2 heterocycles. The minimum Gasteiger partial charge on any atom is -0.397 e. The van der Waals surface area contributed by atoms with Gasteiger partial charge in [0.15, 0.2) is 0 Å². The summed E-state index contributed by atoms with van der Waals surface area (Å²) in [5.41, 5.74) is 6.98. The van der Waals surface area contributed by atoms with Crippen LogP contribution in [0.3, 0.4) is 0 Å². The van der Waals surface area contributed by atoms with Crippen LogP contribution in [0.1, 0.15) is 12.6 Å². The summed E-state index contributed by atoms with van der Waals surface area (Å²) in [5.74, 6) is 0.156. The third-order valence-corrected chi connectivity index (χ3v) is 3.35. The molecule has 0 aliphatic carbocycles. The fourth-order valence-electron chi connectivity index (χ4n) is 2.12. The Labute approximate surface area is 132 Å². The Kier molecular flexibility index (Phi) is 8.53. The van der Waals surface area contributed by atoms with Gasteiger partial charge in [-0.05, 0) is 18.7 Å². The number of nitrogen functional groups attached to an aromatic ring is 1. The first-order valence-electron chi connectivity index (χ1n) is 6.39. The van der Waals surface area contributed by atoms with E-state index < -0.39 is 0 Å². The van der Waals surface area contributed by atoms with Crippen molar-refractivity contribution in [1.82, 2.24) is 14.8 Å². The van der Waals surface area contributed by atoms with E-state index in [2.05, 4.69) is 16.8 Å². The van der Waals surface area contributed by atoms with Gasteiger partial charge in [-0.15, -0.1) is 24.8 Å². The number of halogens is 2. The Hall–Kier alpha value is -1.04. The maximum absolute atomic E-state index is 12.1. The molecule has 1 aromatic heterocycles. The molecule has 2 rings (SSSR count). The van der Waals surface area contributed by atoms with Crippen LogP contribution in [0, 0.1) is 0 Å². The van der Waals surface area contributed by atoms with Crippen LogP contribution >= 0.6 is 24.8 Å². The van der Waals surface area contributed by atoms with Crippen molar-refractivity contribution in [2.75, 3.05) is 38.5 Å². The summed E-state index contributed by atoms with van der Waals surface area (Å²) in [7, 11) is 0. The van der Waals surface area contributed by atoms with Gasteiger partial charge in [0, 0.05) is 31.9 Å². The number of hydrogen-bond acceptors (Lipinski definition) is 4. The molecular formula is C13H22Cl2N4O. The van der Waals surface area contributed by atoms with Crippen LogP contribution in [-0.2, 0) is 11.2 Å². The molecule has 7 heteroatoms. The molecule has 1 aromatic rings. The van der Waals surface area contributed by atoms with Gasteiger partial charge < -0.3 is 15.5 Å². The molecule has 0 unspecified atom stereocenters. The molecule has 20 heavy (non-hydrogen) atoms. The lowest BCUT2D eigenvalue weighted by Gasteiger charge is -2.34. The Morgan fingerprint density at radius 2 is 1.90 bits per heavy atom. The minimum absolute atomic E-state index is 0. The van der Waals surface area contributed by atoms with E-state index in [1.807, 2.05) is 11.0 Å². The number of rotatable bonds is 3. The summed E-state index contributed by atoms with van der Waals surface area (Å²) in [6.45, 7) is 6.79. The normalized spacial score (nSPS) is 15.2. The summed E-state index contributed by atoms with van der Waals surface area (Å²) in [6, 6.07) is 3.60. The van der Waals surface area contributed by atoms with Gasteiger partial charge in [-0.3, -0.25) is 9.78 Å². The lowest BCUT2D eigenvalue weighted by Crippen LogP contribution is -2.48. The highest BCUT2D eigenvalue weighted by Crippen LogP contribution is 2.06. The molecule has 1 aliphatic rings. The highest BCUT2D eigenvalue weighted by atomic mass is 35.5. The van der Waals surface area contributed by atoms with E-state index in [1.54, 1.807) is 12.3 Å². The molecule has 0 saturated carbocycles. The Morgan fingerprint density at radius 1 is 1.25 bits per heavy atom. The molecule has 0 bridgehead atoms. The lowest BCUT2D eigenvalue weighted by atomic mass is 10.2. The predicted octanol–water partition coefficient (Wildman–Crippen LogP) is 1.21. The van der Waals surface area contributed by atoms with Crippen LogP contribution < -0.4 is 5.73 Å². The van der Waals surface area contributed by atoms with Gasteiger partial charge in [0.25, 0.3) is 0 Å². The summed E-state index contributed by atoms with van der Waals surface area (Å²) in [4.78, 5) is 20.5. The molecule has 1 amide bonds. The van der Waals surface area contributed by atoms with Crippen molar-refractivity contribution in [3.05, 3.63) is 24.0 Å². The van der Waals surface area contributed by atoms with Crippen LogP contribution in [0.2, 0.25) is 0 Å². The zero-order chi connectivity index (χ0) is 13.0. The molecule has 1 aliphatic heterocycles. The average Bonchev–Trinajstić information content (AvgIpc) is 2.41. The SMILES string of the molecule is CCN1CCN(C(=O)Cc2ccc(N)cn2)CC1.Cl.Cl.